The van der Waals surface area contributed by atoms with Crippen LogP contribution in [0.3, 0.4) is 0 Å². The molecule has 3 rings (SSSR count). The summed E-state index contributed by atoms with van der Waals surface area (Å²) in [6.07, 6.45) is 0. The zero-order valence-corrected chi connectivity index (χ0v) is 15.6. The first kappa shape index (κ1) is 18.3. The lowest BCUT2D eigenvalue weighted by Gasteiger charge is -2.07. The number of aryl methyl sites for hydroxylation is 1. The average molecular weight is 389 g/mol. The summed E-state index contributed by atoms with van der Waals surface area (Å²) in [6.45, 7) is 1.82. The van der Waals surface area contributed by atoms with Crippen molar-refractivity contribution in [1.82, 2.24) is 10.2 Å². The highest BCUT2D eigenvalue weighted by Crippen LogP contribution is 2.28. The van der Waals surface area contributed by atoms with E-state index >= 15 is 0 Å². The number of carbonyl (C=O) groups is 1. The minimum atomic E-state index is -0.292. The van der Waals surface area contributed by atoms with Crippen molar-refractivity contribution >= 4 is 34.1 Å². The van der Waals surface area contributed by atoms with Crippen molar-refractivity contribution in [3.8, 4) is 5.75 Å². The van der Waals surface area contributed by atoms with E-state index in [1.807, 2.05) is 31.2 Å². The molecule has 1 N–H and O–H groups in total. The predicted molar refractivity (Wildman–Crippen MR) is 101 cm³/mol. The molecule has 1 aromatic heterocycles. The minimum absolute atomic E-state index is 0.0948. The number of carbonyl (C=O) groups excluding carboxylic acids is 1. The highest BCUT2D eigenvalue weighted by Gasteiger charge is 2.10. The fourth-order valence-corrected chi connectivity index (χ4v) is 3.79. The van der Waals surface area contributed by atoms with Crippen molar-refractivity contribution in [2.75, 3.05) is 11.9 Å². The zero-order chi connectivity index (χ0) is 18.4. The van der Waals surface area contributed by atoms with E-state index in [0.717, 1.165) is 15.5 Å². The van der Waals surface area contributed by atoms with Crippen LogP contribution >= 0.6 is 23.1 Å². The van der Waals surface area contributed by atoms with E-state index in [9.17, 15) is 9.18 Å². The van der Waals surface area contributed by atoms with E-state index in [-0.39, 0.29) is 18.3 Å². The first-order chi connectivity index (χ1) is 12.6. The number of halogens is 1. The summed E-state index contributed by atoms with van der Waals surface area (Å²) in [5, 5.41) is 11.1. The Morgan fingerprint density at radius 1 is 1.19 bits per heavy atom. The first-order valence-electron chi connectivity index (χ1n) is 7.79. The first-order valence-corrected chi connectivity index (χ1v) is 9.59. The second-order valence-corrected chi connectivity index (χ2v) is 7.59. The second-order valence-electron chi connectivity index (χ2n) is 5.39. The normalized spacial score (nSPS) is 10.5. The van der Waals surface area contributed by atoms with E-state index in [2.05, 4.69) is 15.5 Å². The van der Waals surface area contributed by atoms with E-state index in [4.69, 9.17) is 4.74 Å². The Kier molecular flexibility index (Phi) is 6.19. The Morgan fingerprint density at radius 3 is 2.73 bits per heavy atom. The number of aromatic nitrogens is 2. The molecule has 5 nitrogen and oxygen atoms in total. The molecule has 3 aromatic rings. The summed E-state index contributed by atoms with van der Waals surface area (Å²) in [4.78, 5) is 12.0. The molecule has 0 radical (unpaired) electrons. The van der Waals surface area contributed by atoms with Gasteiger partial charge in [0.05, 0.1) is 0 Å². The van der Waals surface area contributed by atoms with Gasteiger partial charge < -0.3 is 4.74 Å². The van der Waals surface area contributed by atoms with E-state index in [1.54, 1.807) is 12.1 Å². The SMILES string of the molecule is Cc1ccccc1OCC(=O)Nc1nnc(SCc2ccc(F)cc2)s1. The predicted octanol–water partition coefficient (Wildman–Crippen LogP) is 4.30. The van der Waals surface area contributed by atoms with E-state index in [1.165, 1.54) is 35.2 Å². The number of amides is 1. The largest absolute Gasteiger partial charge is 0.483 e. The Balaban J connectivity index is 1.47. The minimum Gasteiger partial charge on any atom is -0.483 e. The van der Waals surface area contributed by atoms with Crippen LogP contribution < -0.4 is 10.1 Å². The molecule has 1 heterocycles. The van der Waals surface area contributed by atoms with Crippen LogP contribution in [0.15, 0.2) is 52.9 Å². The van der Waals surface area contributed by atoms with Crippen molar-refractivity contribution in [2.45, 2.75) is 17.0 Å². The number of benzene rings is 2. The van der Waals surface area contributed by atoms with Crippen molar-refractivity contribution in [1.29, 1.82) is 0 Å². The molecule has 0 bridgehead atoms. The number of thioether (sulfide) groups is 1. The molecule has 2 aromatic carbocycles. The molecule has 0 aliphatic carbocycles. The number of ether oxygens (including phenoxy) is 1. The van der Waals surface area contributed by atoms with Gasteiger partial charge in [-0.2, -0.15) is 0 Å². The summed E-state index contributed by atoms with van der Waals surface area (Å²) in [5.74, 6) is 0.779. The Bertz CT molecular complexity index is 884. The molecule has 134 valence electrons. The molecular weight excluding hydrogens is 373 g/mol. The van der Waals surface area contributed by atoms with Crippen LogP contribution in [-0.4, -0.2) is 22.7 Å². The van der Waals surface area contributed by atoms with Crippen molar-refractivity contribution < 1.29 is 13.9 Å². The average Bonchev–Trinajstić information content (AvgIpc) is 3.08. The highest BCUT2D eigenvalue weighted by atomic mass is 32.2. The lowest BCUT2D eigenvalue weighted by molar-refractivity contribution is -0.118. The quantitative estimate of drug-likeness (QED) is 0.482. The van der Waals surface area contributed by atoms with Crippen LogP contribution in [0.4, 0.5) is 9.52 Å². The lowest BCUT2D eigenvalue weighted by atomic mass is 10.2. The van der Waals surface area contributed by atoms with Gasteiger partial charge in [0.25, 0.3) is 5.91 Å². The molecule has 0 saturated carbocycles. The molecule has 26 heavy (non-hydrogen) atoms. The molecule has 0 spiro atoms. The smallest absolute Gasteiger partial charge is 0.264 e. The molecular formula is C18H16FN3O2S2. The van der Waals surface area contributed by atoms with Crippen LogP contribution in [-0.2, 0) is 10.5 Å². The molecule has 1 amide bonds. The molecule has 0 fully saturated rings. The van der Waals surface area contributed by atoms with Gasteiger partial charge in [-0.15, -0.1) is 10.2 Å². The maximum atomic E-state index is 12.9. The van der Waals surface area contributed by atoms with Gasteiger partial charge in [0.1, 0.15) is 11.6 Å². The van der Waals surface area contributed by atoms with Gasteiger partial charge in [-0.05, 0) is 36.2 Å². The Hall–Kier alpha value is -2.45. The van der Waals surface area contributed by atoms with Gasteiger partial charge in [-0.25, -0.2) is 4.39 Å². The second kappa shape index (κ2) is 8.77. The molecule has 0 unspecified atom stereocenters. The molecule has 0 aliphatic rings. The van der Waals surface area contributed by atoms with Gasteiger partial charge in [0, 0.05) is 5.75 Å². The number of para-hydroxylation sites is 1. The summed E-state index contributed by atoms with van der Waals surface area (Å²) in [6, 6.07) is 13.8. The number of rotatable bonds is 7. The molecule has 8 heteroatoms. The maximum Gasteiger partial charge on any atom is 0.264 e. The number of anilines is 1. The lowest BCUT2D eigenvalue weighted by Crippen LogP contribution is -2.20. The summed E-state index contributed by atoms with van der Waals surface area (Å²) >= 11 is 2.77. The van der Waals surface area contributed by atoms with E-state index in [0.29, 0.717) is 16.6 Å². The van der Waals surface area contributed by atoms with Gasteiger partial charge in [-0.1, -0.05) is 53.4 Å². The molecule has 0 atom stereocenters. The Labute approximate surface area is 158 Å². The number of nitrogens with zero attached hydrogens (tertiary/aromatic N) is 2. The summed E-state index contributed by atoms with van der Waals surface area (Å²) in [7, 11) is 0. The van der Waals surface area contributed by atoms with Crippen LogP contribution in [0, 0.1) is 12.7 Å². The standard InChI is InChI=1S/C18H16FN3O2S2/c1-12-4-2-3-5-15(12)24-10-16(23)20-17-21-22-18(26-17)25-11-13-6-8-14(19)9-7-13/h2-9H,10-11H2,1H3,(H,20,21,23). The van der Waals surface area contributed by atoms with Crippen molar-refractivity contribution in [3.63, 3.8) is 0 Å². The van der Waals surface area contributed by atoms with Crippen LogP contribution in [0.5, 0.6) is 5.75 Å². The van der Waals surface area contributed by atoms with Gasteiger partial charge in [0.15, 0.2) is 10.9 Å². The monoisotopic (exact) mass is 389 g/mol. The fourth-order valence-electron chi connectivity index (χ4n) is 2.06. The molecule has 0 aliphatic heterocycles. The number of hydrogen-bond donors (Lipinski definition) is 1. The van der Waals surface area contributed by atoms with Crippen LogP contribution in [0.1, 0.15) is 11.1 Å². The van der Waals surface area contributed by atoms with Crippen molar-refractivity contribution in [2.24, 2.45) is 0 Å². The number of hydrogen-bond acceptors (Lipinski definition) is 6. The van der Waals surface area contributed by atoms with Gasteiger partial charge >= 0.3 is 0 Å². The third-order valence-electron chi connectivity index (χ3n) is 3.38. The Morgan fingerprint density at radius 2 is 1.96 bits per heavy atom. The van der Waals surface area contributed by atoms with Crippen molar-refractivity contribution in [3.05, 3.63) is 65.5 Å². The van der Waals surface area contributed by atoms with E-state index < -0.39 is 0 Å². The van der Waals surface area contributed by atoms with Gasteiger partial charge in [-0.3, -0.25) is 10.1 Å². The van der Waals surface area contributed by atoms with Crippen LogP contribution in [0.25, 0.3) is 0 Å². The third kappa shape index (κ3) is 5.27. The van der Waals surface area contributed by atoms with Crippen LogP contribution in [0.2, 0.25) is 0 Å². The summed E-state index contributed by atoms with van der Waals surface area (Å²) in [5.41, 5.74) is 1.96. The topological polar surface area (TPSA) is 64.1 Å². The van der Waals surface area contributed by atoms with Gasteiger partial charge in [0.2, 0.25) is 5.13 Å². The fraction of sp³-hybridized carbons (Fsp3) is 0.167. The highest BCUT2D eigenvalue weighted by molar-refractivity contribution is 8.00. The maximum absolute atomic E-state index is 12.9. The summed E-state index contributed by atoms with van der Waals surface area (Å²) < 4.78 is 19.1. The number of nitrogens with one attached hydrogen (secondary N) is 1. The third-order valence-corrected chi connectivity index (χ3v) is 5.42. The zero-order valence-electron chi connectivity index (χ0n) is 13.9. The molecule has 0 saturated heterocycles.